The number of amides is 1. The molecule has 0 atom stereocenters. The molecular formula is C10H17NO. The maximum absolute atomic E-state index is 10.5. The standard InChI is InChI=1S/C10H17NO/c1-4-8(2)5-6-9(3)7-10(11)12/h5-6H,4,7H2,1-3H3,(H2,11,12)/b8-5+,9-6+. The Hall–Kier alpha value is -1.05. The molecule has 2 nitrogen and oxygen atoms in total. The Morgan fingerprint density at radius 3 is 2.17 bits per heavy atom. The maximum atomic E-state index is 10.5. The second kappa shape index (κ2) is 5.58. The van der Waals surface area contributed by atoms with Crippen molar-refractivity contribution in [2.45, 2.75) is 33.6 Å². The third-order valence-corrected chi connectivity index (χ3v) is 1.66. The van der Waals surface area contributed by atoms with Gasteiger partial charge in [0.05, 0.1) is 0 Å². The fourth-order valence-electron chi connectivity index (χ4n) is 0.736. The number of carbonyl (C=O) groups excluding carboxylic acids is 1. The molecule has 2 heteroatoms. The molecule has 0 saturated carbocycles. The minimum atomic E-state index is -0.272. The van der Waals surface area contributed by atoms with Crippen molar-refractivity contribution in [2.24, 2.45) is 5.73 Å². The average Bonchev–Trinajstić information content (AvgIpc) is 1.99. The molecule has 12 heavy (non-hydrogen) atoms. The highest BCUT2D eigenvalue weighted by atomic mass is 16.1. The Kier molecular flexibility index (Phi) is 5.09. The maximum Gasteiger partial charge on any atom is 0.221 e. The normalized spacial score (nSPS) is 13.2. The first kappa shape index (κ1) is 11.0. The van der Waals surface area contributed by atoms with Crippen LogP contribution < -0.4 is 5.73 Å². The Morgan fingerprint density at radius 2 is 1.75 bits per heavy atom. The van der Waals surface area contributed by atoms with Crippen LogP contribution in [0.15, 0.2) is 23.3 Å². The van der Waals surface area contributed by atoms with Gasteiger partial charge in [-0.3, -0.25) is 4.79 Å². The molecule has 0 aliphatic rings. The van der Waals surface area contributed by atoms with Crippen molar-refractivity contribution in [3.8, 4) is 0 Å². The summed E-state index contributed by atoms with van der Waals surface area (Å²) in [6.07, 6.45) is 5.37. The van der Waals surface area contributed by atoms with Crippen LogP contribution in [-0.2, 0) is 4.79 Å². The largest absolute Gasteiger partial charge is 0.369 e. The van der Waals surface area contributed by atoms with Crippen LogP contribution in [0.25, 0.3) is 0 Å². The minimum absolute atomic E-state index is 0.272. The predicted molar refractivity (Wildman–Crippen MR) is 51.6 cm³/mol. The van der Waals surface area contributed by atoms with E-state index in [1.165, 1.54) is 5.57 Å². The highest BCUT2D eigenvalue weighted by molar-refractivity contribution is 5.76. The van der Waals surface area contributed by atoms with Crippen molar-refractivity contribution in [2.75, 3.05) is 0 Å². The van der Waals surface area contributed by atoms with Crippen LogP contribution >= 0.6 is 0 Å². The van der Waals surface area contributed by atoms with E-state index < -0.39 is 0 Å². The van der Waals surface area contributed by atoms with Gasteiger partial charge in [-0.15, -0.1) is 0 Å². The number of primary amides is 1. The van der Waals surface area contributed by atoms with Gasteiger partial charge in [0.2, 0.25) is 5.91 Å². The van der Waals surface area contributed by atoms with E-state index in [9.17, 15) is 4.79 Å². The quantitative estimate of drug-likeness (QED) is 0.641. The van der Waals surface area contributed by atoms with Gasteiger partial charge in [0, 0.05) is 6.42 Å². The van der Waals surface area contributed by atoms with Gasteiger partial charge >= 0.3 is 0 Å². The summed E-state index contributed by atoms with van der Waals surface area (Å²) in [5.41, 5.74) is 7.35. The number of carbonyl (C=O) groups is 1. The summed E-state index contributed by atoms with van der Waals surface area (Å²) in [6.45, 7) is 6.07. The third-order valence-electron chi connectivity index (χ3n) is 1.66. The van der Waals surface area contributed by atoms with Gasteiger partial charge in [0.15, 0.2) is 0 Å². The molecular weight excluding hydrogens is 150 g/mol. The van der Waals surface area contributed by atoms with E-state index in [0.29, 0.717) is 6.42 Å². The summed E-state index contributed by atoms with van der Waals surface area (Å²) in [5, 5.41) is 0. The van der Waals surface area contributed by atoms with E-state index in [4.69, 9.17) is 5.73 Å². The highest BCUT2D eigenvalue weighted by Gasteiger charge is 1.93. The van der Waals surface area contributed by atoms with Crippen LogP contribution in [0.2, 0.25) is 0 Å². The first-order chi connectivity index (χ1) is 5.56. The van der Waals surface area contributed by atoms with Gasteiger partial charge in [-0.05, 0) is 20.3 Å². The van der Waals surface area contributed by atoms with Crippen molar-refractivity contribution < 1.29 is 4.79 Å². The van der Waals surface area contributed by atoms with Crippen molar-refractivity contribution in [1.82, 2.24) is 0 Å². The molecule has 0 aromatic carbocycles. The number of hydrogen-bond donors (Lipinski definition) is 1. The van der Waals surface area contributed by atoms with E-state index >= 15 is 0 Å². The van der Waals surface area contributed by atoms with Crippen LogP contribution in [0, 0.1) is 0 Å². The Morgan fingerprint density at radius 1 is 1.25 bits per heavy atom. The molecule has 0 fully saturated rings. The van der Waals surface area contributed by atoms with Gasteiger partial charge < -0.3 is 5.73 Å². The average molecular weight is 167 g/mol. The van der Waals surface area contributed by atoms with Crippen molar-refractivity contribution >= 4 is 5.91 Å². The van der Waals surface area contributed by atoms with Crippen LogP contribution in [0.4, 0.5) is 0 Å². The summed E-state index contributed by atoms with van der Waals surface area (Å²) in [4.78, 5) is 10.5. The molecule has 0 unspecified atom stereocenters. The smallest absolute Gasteiger partial charge is 0.221 e. The van der Waals surface area contributed by atoms with Crippen molar-refractivity contribution in [3.05, 3.63) is 23.3 Å². The third kappa shape index (κ3) is 5.71. The van der Waals surface area contributed by atoms with Gasteiger partial charge in [0.25, 0.3) is 0 Å². The molecule has 68 valence electrons. The van der Waals surface area contributed by atoms with Gasteiger partial charge in [-0.25, -0.2) is 0 Å². The Balaban J connectivity index is 4.08. The summed E-state index contributed by atoms with van der Waals surface area (Å²) in [7, 11) is 0. The predicted octanol–water partition coefficient (Wildman–Crippen LogP) is 2.16. The zero-order valence-corrected chi connectivity index (χ0v) is 8.05. The number of allylic oxidation sites excluding steroid dienone is 3. The van der Waals surface area contributed by atoms with Crippen LogP contribution in [-0.4, -0.2) is 5.91 Å². The Bertz CT molecular complexity index is 214. The summed E-state index contributed by atoms with van der Waals surface area (Å²) in [6, 6.07) is 0. The molecule has 0 bridgehead atoms. The van der Waals surface area contributed by atoms with E-state index in [1.54, 1.807) is 0 Å². The van der Waals surface area contributed by atoms with Crippen molar-refractivity contribution in [3.63, 3.8) is 0 Å². The molecule has 0 saturated heterocycles. The molecule has 0 rings (SSSR count). The first-order valence-corrected chi connectivity index (χ1v) is 4.17. The highest BCUT2D eigenvalue weighted by Crippen LogP contribution is 2.03. The lowest BCUT2D eigenvalue weighted by Gasteiger charge is -1.95. The van der Waals surface area contributed by atoms with Gasteiger partial charge in [0.1, 0.15) is 0 Å². The molecule has 1 amide bonds. The molecule has 0 aliphatic carbocycles. The van der Waals surface area contributed by atoms with E-state index in [0.717, 1.165) is 12.0 Å². The van der Waals surface area contributed by atoms with Crippen LogP contribution in [0.1, 0.15) is 33.6 Å². The second-order valence-corrected chi connectivity index (χ2v) is 3.02. The molecule has 0 radical (unpaired) electrons. The summed E-state index contributed by atoms with van der Waals surface area (Å²) >= 11 is 0. The van der Waals surface area contributed by atoms with Gasteiger partial charge in [-0.1, -0.05) is 30.2 Å². The molecule has 0 spiro atoms. The van der Waals surface area contributed by atoms with Crippen molar-refractivity contribution in [1.29, 1.82) is 0 Å². The SMILES string of the molecule is CC/C(C)=C/C=C(\C)CC(N)=O. The number of nitrogens with two attached hydrogens (primary N) is 1. The van der Waals surface area contributed by atoms with Crippen LogP contribution in [0.3, 0.4) is 0 Å². The molecule has 0 aromatic heterocycles. The summed E-state index contributed by atoms with van der Waals surface area (Å²) in [5.74, 6) is -0.272. The lowest BCUT2D eigenvalue weighted by Crippen LogP contribution is -2.10. The molecule has 0 heterocycles. The van der Waals surface area contributed by atoms with Crippen LogP contribution in [0.5, 0.6) is 0 Å². The minimum Gasteiger partial charge on any atom is -0.369 e. The fourth-order valence-corrected chi connectivity index (χ4v) is 0.736. The fraction of sp³-hybridized carbons (Fsp3) is 0.500. The second-order valence-electron chi connectivity index (χ2n) is 3.02. The molecule has 0 aromatic rings. The van der Waals surface area contributed by atoms with E-state index in [2.05, 4.69) is 13.8 Å². The Labute approximate surface area is 74.1 Å². The van der Waals surface area contributed by atoms with E-state index in [-0.39, 0.29) is 5.91 Å². The first-order valence-electron chi connectivity index (χ1n) is 4.17. The number of rotatable bonds is 4. The summed E-state index contributed by atoms with van der Waals surface area (Å²) < 4.78 is 0. The van der Waals surface area contributed by atoms with Gasteiger partial charge in [-0.2, -0.15) is 0 Å². The zero-order chi connectivity index (χ0) is 9.56. The lowest BCUT2D eigenvalue weighted by atomic mass is 10.1. The topological polar surface area (TPSA) is 43.1 Å². The monoisotopic (exact) mass is 167 g/mol. The number of hydrogen-bond acceptors (Lipinski definition) is 1. The lowest BCUT2D eigenvalue weighted by molar-refractivity contribution is -0.117. The zero-order valence-electron chi connectivity index (χ0n) is 8.05. The molecule has 0 aliphatic heterocycles. The molecule has 2 N–H and O–H groups in total. The van der Waals surface area contributed by atoms with E-state index in [1.807, 2.05) is 19.1 Å².